The summed E-state index contributed by atoms with van der Waals surface area (Å²) >= 11 is 0. The maximum Gasteiger partial charge on any atom is 0.573 e. The summed E-state index contributed by atoms with van der Waals surface area (Å²) in [5, 5.41) is 9.37. The third-order valence-corrected chi connectivity index (χ3v) is 3.34. The summed E-state index contributed by atoms with van der Waals surface area (Å²) in [6.07, 6.45) is -4.69. The van der Waals surface area contributed by atoms with Crippen molar-refractivity contribution in [1.82, 2.24) is 4.90 Å². The normalized spacial score (nSPS) is 17.6. The van der Waals surface area contributed by atoms with Crippen LogP contribution in [-0.4, -0.2) is 49.8 Å². The van der Waals surface area contributed by atoms with E-state index >= 15 is 0 Å². The number of alkyl halides is 3. The van der Waals surface area contributed by atoms with Gasteiger partial charge in [-0.2, -0.15) is 0 Å². The fourth-order valence-corrected chi connectivity index (χ4v) is 2.40. The molecule has 1 aromatic carbocycles. The molecule has 2 rings (SSSR count). The Bertz CT molecular complexity index is 469. The fourth-order valence-electron chi connectivity index (χ4n) is 2.40. The Balaban J connectivity index is 1.94. The number of ether oxygens (including phenoxy) is 2. The fraction of sp³-hybridized carbons (Fsp3) is 0.571. The maximum absolute atomic E-state index is 12.2. The number of hydrogen-bond donors (Lipinski definition) is 1. The van der Waals surface area contributed by atoms with Crippen LogP contribution < -0.4 is 4.74 Å². The Hall–Kier alpha value is -1.31. The Labute approximate surface area is 121 Å². The summed E-state index contributed by atoms with van der Waals surface area (Å²) in [4.78, 5) is 1.95. The lowest BCUT2D eigenvalue weighted by atomic mass is 9.86. The molecule has 0 spiro atoms. The van der Waals surface area contributed by atoms with Gasteiger partial charge in [-0.15, -0.1) is 13.2 Å². The number of aliphatic hydroxyl groups is 1. The predicted molar refractivity (Wildman–Crippen MR) is 69.8 cm³/mol. The van der Waals surface area contributed by atoms with Gasteiger partial charge in [0.25, 0.3) is 0 Å². The van der Waals surface area contributed by atoms with Crippen LogP contribution in [0.2, 0.25) is 0 Å². The molecule has 0 aromatic heterocycles. The Morgan fingerprint density at radius 1 is 1.38 bits per heavy atom. The van der Waals surface area contributed by atoms with E-state index in [9.17, 15) is 18.3 Å². The van der Waals surface area contributed by atoms with E-state index in [0.29, 0.717) is 31.9 Å². The third-order valence-electron chi connectivity index (χ3n) is 3.34. The zero-order chi connectivity index (χ0) is 15.5. The molecule has 0 unspecified atom stereocenters. The molecule has 7 heteroatoms. The third kappa shape index (κ3) is 4.59. The van der Waals surface area contributed by atoms with Crippen LogP contribution in [0.15, 0.2) is 24.3 Å². The lowest BCUT2D eigenvalue weighted by molar-refractivity contribution is -0.274. The molecule has 4 nitrogen and oxygen atoms in total. The highest BCUT2D eigenvalue weighted by Gasteiger charge is 2.39. The zero-order valence-corrected chi connectivity index (χ0v) is 11.7. The van der Waals surface area contributed by atoms with Gasteiger partial charge in [-0.25, -0.2) is 0 Å². The lowest BCUT2D eigenvalue weighted by Gasteiger charge is -2.42. The molecule has 0 bridgehead atoms. The van der Waals surface area contributed by atoms with Crippen molar-refractivity contribution in [2.24, 2.45) is 5.41 Å². The molecule has 1 fully saturated rings. The SMILES string of the molecule is CN(Cc1cccc(OC(F)(F)F)c1)CC1(CO)COC1. The van der Waals surface area contributed by atoms with Gasteiger partial charge in [0.1, 0.15) is 5.75 Å². The topological polar surface area (TPSA) is 41.9 Å². The minimum atomic E-state index is -4.69. The van der Waals surface area contributed by atoms with E-state index in [4.69, 9.17) is 4.74 Å². The van der Waals surface area contributed by atoms with Gasteiger partial charge in [-0.1, -0.05) is 12.1 Å². The highest BCUT2D eigenvalue weighted by molar-refractivity contribution is 5.28. The van der Waals surface area contributed by atoms with Crippen LogP contribution in [0, 0.1) is 5.41 Å². The van der Waals surface area contributed by atoms with E-state index in [2.05, 4.69) is 4.74 Å². The summed E-state index contributed by atoms with van der Waals surface area (Å²) in [7, 11) is 1.85. The molecule has 1 N–H and O–H groups in total. The Morgan fingerprint density at radius 3 is 2.62 bits per heavy atom. The number of halogens is 3. The largest absolute Gasteiger partial charge is 0.573 e. The van der Waals surface area contributed by atoms with Crippen molar-refractivity contribution in [3.8, 4) is 5.75 Å². The van der Waals surface area contributed by atoms with Crippen LogP contribution in [0.1, 0.15) is 5.56 Å². The van der Waals surface area contributed by atoms with Crippen molar-refractivity contribution in [3.05, 3.63) is 29.8 Å². The molecular weight excluding hydrogens is 287 g/mol. The van der Waals surface area contributed by atoms with E-state index in [-0.39, 0.29) is 17.8 Å². The average Bonchev–Trinajstić information content (AvgIpc) is 2.32. The minimum absolute atomic E-state index is 0.0363. The molecule has 0 aliphatic carbocycles. The average molecular weight is 305 g/mol. The number of aliphatic hydroxyl groups excluding tert-OH is 1. The minimum Gasteiger partial charge on any atom is -0.406 e. The molecule has 1 aliphatic rings. The second-order valence-corrected chi connectivity index (χ2v) is 5.52. The predicted octanol–water partition coefficient (Wildman–Crippen LogP) is 2.03. The van der Waals surface area contributed by atoms with Crippen LogP contribution >= 0.6 is 0 Å². The van der Waals surface area contributed by atoms with Crippen LogP contribution in [0.25, 0.3) is 0 Å². The highest BCUT2D eigenvalue weighted by atomic mass is 19.4. The summed E-state index contributed by atoms with van der Waals surface area (Å²) in [6, 6.07) is 5.90. The summed E-state index contributed by atoms with van der Waals surface area (Å²) in [6.45, 7) is 2.13. The highest BCUT2D eigenvalue weighted by Crippen LogP contribution is 2.28. The first-order valence-corrected chi connectivity index (χ1v) is 6.54. The first-order valence-electron chi connectivity index (χ1n) is 6.54. The molecule has 0 radical (unpaired) electrons. The summed E-state index contributed by atoms with van der Waals surface area (Å²) in [5.41, 5.74) is 0.460. The van der Waals surface area contributed by atoms with E-state index in [0.717, 1.165) is 0 Å². The van der Waals surface area contributed by atoms with Crippen LogP contribution in [0.5, 0.6) is 5.75 Å². The van der Waals surface area contributed by atoms with Gasteiger partial charge in [0.05, 0.1) is 25.2 Å². The molecule has 1 aliphatic heterocycles. The van der Waals surface area contributed by atoms with E-state index in [1.54, 1.807) is 6.07 Å². The monoisotopic (exact) mass is 305 g/mol. The molecule has 0 amide bonds. The molecule has 0 atom stereocenters. The van der Waals surface area contributed by atoms with Crippen molar-refractivity contribution in [3.63, 3.8) is 0 Å². The van der Waals surface area contributed by atoms with Gasteiger partial charge in [0, 0.05) is 13.1 Å². The molecular formula is C14H18F3NO3. The molecule has 21 heavy (non-hydrogen) atoms. The van der Waals surface area contributed by atoms with Gasteiger partial charge in [0.15, 0.2) is 0 Å². The van der Waals surface area contributed by atoms with Crippen LogP contribution in [-0.2, 0) is 11.3 Å². The van der Waals surface area contributed by atoms with Crippen molar-refractivity contribution in [2.45, 2.75) is 12.9 Å². The van der Waals surface area contributed by atoms with Crippen molar-refractivity contribution in [1.29, 1.82) is 0 Å². The number of rotatable bonds is 6. The van der Waals surface area contributed by atoms with E-state index < -0.39 is 6.36 Å². The van der Waals surface area contributed by atoms with Gasteiger partial charge in [-0.05, 0) is 24.7 Å². The van der Waals surface area contributed by atoms with Gasteiger partial charge < -0.3 is 19.5 Å². The van der Waals surface area contributed by atoms with Gasteiger partial charge in [0.2, 0.25) is 0 Å². The molecule has 1 aromatic rings. The van der Waals surface area contributed by atoms with Gasteiger partial charge >= 0.3 is 6.36 Å². The Kier molecular flexibility index (Phi) is 4.75. The van der Waals surface area contributed by atoms with E-state index in [1.165, 1.54) is 18.2 Å². The van der Waals surface area contributed by atoms with Crippen molar-refractivity contribution >= 4 is 0 Å². The van der Waals surface area contributed by atoms with Crippen LogP contribution in [0.4, 0.5) is 13.2 Å². The number of hydrogen-bond acceptors (Lipinski definition) is 4. The lowest BCUT2D eigenvalue weighted by Crippen LogP contribution is -2.52. The molecule has 1 heterocycles. The maximum atomic E-state index is 12.2. The quantitative estimate of drug-likeness (QED) is 0.873. The standard InChI is InChI=1S/C14H18F3NO3/c1-18(7-13(8-19)9-20-10-13)6-11-3-2-4-12(5-11)21-14(15,16)17/h2-5,19H,6-10H2,1H3. The smallest absolute Gasteiger partial charge is 0.406 e. The molecule has 0 saturated carbocycles. The zero-order valence-electron chi connectivity index (χ0n) is 11.7. The number of nitrogens with zero attached hydrogens (tertiary/aromatic N) is 1. The van der Waals surface area contributed by atoms with Crippen molar-refractivity contribution < 1.29 is 27.8 Å². The van der Waals surface area contributed by atoms with E-state index in [1.807, 2.05) is 11.9 Å². The van der Waals surface area contributed by atoms with Crippen LogP contribution in [0.3, 0.4) is 0 Å². The first-order chi connectivity index (χ1) is 9.82. The van der Waals surface area contributed by atoms with Gasteiger partial charge in [-0.3, -0.25) is 0 Å². The molecule has 1 saturated heterocycles. The Morgan fingerprint density at radius 2 is 2.10 bits per heavy atom. The second-order valence-electron chi connectivity index (χ2n) is 5.52. The van der Waals surface area contributed by atoms with Crippen molar-refractivity contribution in [2.75, 3.05) is 33.4 Å². The summed E-state index contributed by atoms with van der Waals surface area (Å²) in [5.74, 6) is -0.225. The summed E-state index contributed by atoms with van der Waals surface area (Å²) < 4.78 is 45.6. The number of benzene rings is 1. The second kappa shape index (κ2) is 6.21. The molecule has 118 valence electrons. The first kappa shape index (κ1) is 16.1.